The second-order valence-corrected chi connectivity index (χ2v) is 6.45. The number of hydrogen-bond acceptors (Lipinski definition) is 6. The van der Waals surface area contributed by atoms with Crippen molar-refractivity contribution in [1.29, 1.82) is 0 Å². The largest absolute Gasteiger partial charge is 0.396 e. The molecule has 0 radical (unpaired) electrons. The summed E-state index contributed by atoms with van der Waals surface area (Å²) in [6, 6.07) is 2.02. The summed E-state index contributed by atoms with van der Waals surface area (Å²) >= 11 is 2.98. The Morgan fingerprint density at radius 1 is 1.50 bits per heavy atom. The van der Waals surface area contributed by atoms with E-state index in [2.05, 4.69) is 30.8 Å². The Balaban J connectivity index is 2.24. The molecule has 1 heterocycles. The molecule has 0 unspecified atom stereocenters. The third kappa shape index (κ3) is 3.14. The number of nitrogens with two attached hydrogens (primary N) is 1. The van der Waals surface area contributed by atoms with Crippen LogP contribution in [0.25, 0.3) is 0 Å². The fourth-order valence-corrected chi connectivity index (χ4v) is 3.42. The van der Waals surface area contributed by atoms with Crippen molar-refractivity contribution in [2.75, 3.05) is 5.73 Å². The van der Waals surface area contributed by atoms with Crippen molar-refractivity contribution in [1.82, 2.24) is 14.9 Å². The number of nitrogen functional groups attached to an aromatic ring is 1. The van der Waals surface area contributed by atoms with Crippen LogP contribution in [-0.2, 0) is 16.6 Å². The highest BCUT2D eigenvalue weighted by Gasteiger charge is 2.20. The number of hydrogen-bond donors (Lipinski definition) is 2. The predicted molar refractivity (Wildman–Crippen MR) is 71.6 cm³/mol. The molecule has 0 aliphatic heterocycles. The maximum atomic E-state index is 13.2. The van der Waals surface area contributed by atoms with Gasteiger partial charge < -0.3 is 10.3 Å². The van der Waals surface area contributed by atoms with E-state index in [1.165, 1.54) is 0 Å². The van der Waals surface area contributed by atoms with Crippen molar-refractivity contribution in [3.05, 3.63) is 34.1 Å². The number of rotatable bonds is 4. The molecule has 0 fully saturated rings. The summed E-state index contributed by atoms with van der Waals surface area (Å²) in [6.45, 7) is 1.44. The number of halogens is 2. The highest BCUT2D eigenvalue weighted by molar-refractivity contribution is 9.10. The van der Waals surface area contributed by atoms with Crippen molar-refractivity contribution in [3.8, 4) is 0 Å². The molecule has 0 saturated carbocycles. The zero-order valence-corrected chi connectivity index (χ0v) is 12.6. The molecule has 7 nitrogen and oxygen atoms in total. The highest BCUT2D eigenvalue weighted by atomic mass is 79.9. The minimum atomic E-state index is -3.89. The number of aryl methyl sites for hydroxylation is 1. The Morgan fingerprint density at radius 2 is 2.20 bits per heavy atom. The minimum absolute atomic E-state index is 0.0680. The monoisotopic (exact) mass is 364 g/mol. The summed E-state index contributed by atoms with van der Waals surface area (Å²) in [5.41, 5.74) is 5.11. The van der Waals surface area contributed by atoms with Crippen LogP contribution in [0.4, 0.5) is 10.1 Å². The van der Waals surface area contributed by atoms with Crippen molar-refractivity contribution in [2.24, 2.45) is 0 Å². The number of benzene rings is 1. The zero-order valence-electron chi connectivity index (χ0n) is 10.2. The standard InChI is InChI=1S/C10H10BrFN4O3S/c1-5-15-10(19-16-5)4-14-20(17,18)9-3-8(13)7(12)2-6(9)11/h2-3,14H,4,13H2,1H3. The third-order valence-corrected chi connectivity index (χ3v) is 4.68. The van der Waals surface area contributed by atoms with Crippen LogP contribution < -0.4 is 10.5 Å². The number of nitrogens with one attached hydrogen (secondary N) is 1. The van der Waals surface area contributed by atoms with Crippen LogP contribution in [0.15, 0.2) is 26.0 Å². The lowest BCUT2D eigenvalue weighted by Gasteiger charge is -2.08. The van der Waals surface area contributed by atoms with Gasteiger partial charge in [-0.2, -0.15) is 4.98 Å². The highest BCUT2D eigenvalue weighted by Crippen LogP contribution is 2.26. The Morgan fingerprint density at radius 3 is 2.80 bits per heavy atom. The first kappa shape index (κ1) is 14.9. The molecule has 0 spiro atoms. The molecule has 1 aromatic carbocycles. The molecule has 20 heavy (non-hydrogen) atoms. The van der Waals surface area contributed by atoms with Crippen LogP contribution in [-0.4, -0.2) is 18.6 Å². The van der Waals surface area contributed by atoms with Gasteiger partial charge in [0.05, 0.1) is 17.1 Å². The first-order valence-electron chi connectivity index (χ1n) is 5.33. The Bertz CT molecular complexity index is 747. The summed E-state index contributed by atoms with van der Waals surface area (Å²) in [6.07, 6.45) is 0. The Kier molecular flexibility index (Phi) is 4.06. The second-order valence-electron chi connectivity index (χ2n) is 3.86. The SMILES string of the molecule is Cc1noc(CNS(=O)(=O)c2cc(N)c(F)cc2Br)n1. The van der Waals surface area contributed by atoms with E-state index in [1.807, 2.05) is 0 Å². The minimum Gasteiger partial charge on any atom is -0.396 e. The molecule has 0 aliphatic carbocycles. The zero-order chi connectivity index (χ0) is 14.9. The lowest BCUT2D eigenvalue weighted by atomic mass is 10.3. The van der Waals surface area contributed by atoms with E-state index < -0.39 is 15.8 Å². The number of aromatic nitrogens is 2. The van der Waals surface area contributed by atoms with Crippen LogP contribution in [0.3, 0.4) is 0 Å². The van der Waals surface area contributed by atoms with Crippen LogP contribution in [0.2, 0.25) is 0 Å². The normalized spacial score (nSPS) is 11.8. The van der Waals surface area contributed by atoms with Gasteiger partial charge in [-0.25, -0.2) is 17.5 Å². The van der Waals surface area contributed by atoms with E-state index >= 15 is 0 Å². The quantitative estimate of drug-likeness (QED) is 0.791. The number of sulfonamides is 1. The van der Waals surface area contributed by atoms with Gasteiger partial charge >= 0.3 is 0 Å². The molecule has 2 aromatic rings. The summed E-state index contributed by atoms with van der Waals surface area (Å²) in [5.74, 6) is -0.188. The number of nitrogens with zero attached hydrogens (tertiary/aromatic N) is 2. The van der Waals surface area contributed by atoms with Gasteiger partial charge in [0.1, 0.15) is 5.82 Å². The molecule has 108 valence electrons. The molecule has 0 aliphatic rings. The van der Waals surface area contributed by atoms with E-state index in [9.17, 15) is 12.8 Å². The van der Waals surface area contributed by atoms with Gasteiger partial charge in [0, 0.05) is 4.47 Å². The van der Waals surface area contributed by atoms with Gasteiger partial charge in [0.25, 0.3) is 0 Å². The van der Waals surface area contributed by atoms with Crippen molar-refractivity contribution >= 4 is 31.6 Å². The maximum Gasteiger partial charge on any atom is 0.242 e. The molecule has 0 saturated heterocycles. The van der Waals surface area contributed by atoms with Crippen LogP contribution in [0.1, 0.15) is 11.7 Å². The van der Waals surface area contributed by atoms with E-state index in [0.717, 1.165) is 12.1 Å². The van der Waals surface area contributed by atoms with E-state index in [4.69, 9.17) is 10.3 Å². The van der Waals surface area contributed by atoms with Crippen LogP contribution >= 0.6 is 15.9 Å². The predicted octanol–water partition coefficient (Wildman–Crippen LogP) is 1.34. The van der Waals surface area contributed by atoms with Gasteiger partial charge in [-0.05, 0) is 35.0 Å². The van der Waals surface area contributed by atoms with Crippen molar-refractivity contribution in [2.45, 2.75) is 18.4 Å². The average molecular weight is 365 g/mol. The number of anilines is 1. The Hall–Kier alpha value is -1.52. The average Bonchev–Trinajstić information content (AvgIpc) is 2.77. The third-order valence-electron chi connectivity index (χ3n) is 2.32. The fraction of sp³-hybridized carbons (Fsp3) is 0.200. The first-order chi connectivity index (χ1) is 9.29. The van der Waals surface area contributed by atoms with Crippen molar-refractivity contribution < 1.29 is 17.3 Å². The fourth-order valence-electron chi connectivity index (χ4n) is 1.40. The summed E-state index contributed by atoms with van der Waals surface area (Å²) < 4.78 is 44.5. The van der Waals surface area contributed by atoms with E-state index in [1.54, 1.807) is 6.92 Å². The lowest BCUT2D eigenvalue weighted by Crippen LogP contribution is -2.24. The molecule has 0 bridgehead atoms. The molecule has 1 aromatic heterocycles. The summed E-state index contributed by atoms with van der Waals surface area (Å²) in [7, 11) is -3.89. The molecule has 3 N–H and O–H groups in total. The first-order valence-corrected chi connectivity index (χ1v) is 7.60. The summed E-state index contributed by atoms with van der Waals surface area (Å²) in [5, 5.41) is 3.53. The second kappa shape index (κ2) is 5.46. The van der Waals surface area contributed by atoms with Gasteiger partial charge in [-0.15, -0.1) is 0 Å². The Labute approximate surface area is 122 Å². The molecular formula is C10H10BrFN4O3S. The van der Waals surface area contributed by atoms with Crippen molar-refractivity contribution in [3.63, 3.8) is 0 Å². The maximum absolute atomic E-state index is 13.2. The van der Waals surface area contributed by atoms with Gasteiger partial charge in [-0.3, -0.25) is 0 Å². The molecular weight excluding hydrogens is 355 g/mol. The van der Waals surface area contributed by atoms with Gasteiger partial charge in [0.2, 0.25) is 15.9 Å². The molecule has 10 heteroatoms. The molecule has 2 rings (SSSR count). The van der Waals surface area contributed by atoms with E-state index in [-0.39, 0.29) is 27.5 Å². The van der Waals surface area contributed by atoms with Gasteiger partial charge in [-0.1, -0.05) is 5.16 Å². The van der Waals surface area contributed by atoms with E-state index in [0.29, 0.717) is 5.82 Å². The smallest absolute Gasteiger partial charge is 0.242 e. The van der Waals surface area contributed by atoms with Crippen LogP contribution in [0.5, 0.6) is 0 Å². The van der Waals surface area contributed by atoms with Gasteiger partial charge in [0.15, 0.2) is 5.82 Å². The van der Waals surface area contributed by atoms with Crippen LogP contribution in [0, 0.1) is 12.7 Å². The lowest BCUT2D eigenvalue weighted by molar-refractivity contribution is 0.372. The molecule has 0 atom stereocenters. The topological polar surface area (TPSA) is 111 Å². The summed E-state index contributed by atoms with van der Waals surface area (Å²) in [4.78, 5) is 3.69. The molecule has 0 amide bonds.